The van der Waals surface area contributed by atoms with Crippen LogP contribution in [0.1, 0.15) is 17.2 Å². The van der Waals surface area contributed by atoms with Crippen molar-refractivity contribution in [2.24, 2.45) is 0 Å². The average Bonchev–Trinajstić information content (AvgIpc) is 2.29. The van der Waals surface area contributed by atoms with Gasteiger partial charge in [0.25, 0.3) is 0 Å². The number of hydrogen-bond donors (Lipinski definition) is 1. The Morgan fingerprint density at radius 1 is 1.33 bits per heavy atom. The Morgan fingerprint density at radius 2 is 2.20 bits per heavy atom. The van der Waals surface area contributed by atoms with Gasteiger partial charge in [-0.3, -0.25) is 0 Å². The van der Waals surface area contributed by atoms with Gasteiger partial charge in [0.05, 0.1) is 11.0 Å². The molecular formula is C12H14N2S. The molecule has 0 radical (unpaired) electrons. The zero-order chi connectivity index (χ0) is 10.3. The molecule has 3 rings (SSSR count). The van der Waals surface area contributed by atoms with Gasteiger partial charge in [-0.15, -0.1) is 0 Å². The molecule has 2 aliphatic heterocycles. The van der Waals surface area contributed by atoms with E-state index in [0.717, 1.165) is 31.0 Å². The van der Waals surface area contributed by atoms with Crippen molar-refractivity contribution in [1.29, 1.82) is 0 Å². The number of piperazine rings is 1. The first-order valence-electron chi connectivity index (χ1n) is 5.44. The molecule has 1 saturated heterocycles. The van der Waals surface area contributed by atoms with E-state index in [2.05, 4.69) is 34.5 Å². The third kappa shape index (κ3) is 1.46. The van der Waals surface area contributed by atoms with E-state index in [9.17, 15) is 0 Å². The third-order valence-electron chi connectivity index (χ3n) is 3.35. The number of hydrogen-bond acceptors (Lipinski definition) is 2. The highest BCUT2D eigenvalue weighted by atomic mass is 32.1. The first-order valence-corrected chi connectivity index (χ1v) is 5.85. The molecule has 78 valence electrons. The highest BCUT2D eigenvalue weighted by molar-refractivity contribution is 7.80. The van der Waals surface area contributed by atoms with Crippen LogP contribution < -0.4 is 5.32 Å². The standard InChI is InChI=1S/C12H14N2S/c15-12-8-13-7-11-10-4-2-1-3-9(10)5-6-14(11)12/h1-4,11,13H,5-8H2. The molecular weight excluding hydrogens is 204 g/mol. The highest BCUT2D eigenvalue weighted by Crippen LogP contribution is 2.30. The van der Waals surface area contributed by atoms with Crippen molar-refractivity contribution in [3.8, 4) is 0 Å². The van der Waals surface area contributed by atoms with Gasteiger partial charge in [-0.2, -0.15) is 0 Å². The SMILES string of the molecule is S=C1CNCC2c3ccccc3CCN12. The Morgan fingerprint density at radius 3 is 3.13 bits per heavy atom. The third-order valence-corrected chi connectivity index (χ3v) is 3.73. The summed E-state index contributed by atoms with van der Waals surface area (Å²) < 4.78 is 0. The number of nitrogens with one attached hydrogen (secondary N) is 1. The molecule has 1 unspecified atom stereocenters. The lowest BCUT2D eigenvalue weighted by atomic mass is 9.91. The Balaban J connectivity index is 2.02. The van der Waals surface area contributed by atoms with Gasteiger partial charge in [0, 0.05) is 19.6 Å². The second-order valence-corrected chi connectivity index (χ2v) is 4.65. The lowest BCUT2D eigenvalue weighted by Gasteiger charge is -2.42. The van der Waals surface area contributed by atoms with Crippen LogP contribution in [0.4, 0.5) is 0 Å². The minimum atomic E-state index is 0.469. The molecule has 2 aliphatic rings. The lowest BCUT2D eigenvalue weighted by Crippen LogP contribution is -2.51. The van der Waals surface area contributed by atoms with Gasteiger partial charge < -0.3 is 10.2 Å². The second kappa shape index (κ2) is 3.58. The maximum absolute atomic E-state index is 5.40. The molecule has 2 heterocycles. The second-order valence-electron chi connectivity index (χ2n) is 4.18. The average molecular weight is 218 g/mol. The summed E-state index contributed by atoms with van der Waals surface area (Å²) in [5.74, 6) is 0. The molecule has 1 N–H and O–H groups in total. The summed E-state index contributed by atoms with van der Waals surface area (Å²) in [7, 11) is 0. The maximum Gasteiger partial charge on any atom is 0.0925 e. The maximum atomic E-state index is 5.40. The van der Waals surface area contributed by atoms with E-state index in [-0.39, 0.29) is 0 Å². The topological polar surface area (TPSA) is 15.3 Å². The van der Waals surface area contributed by atoms with Crippen LogP contribution in [0, 0.1) is 0 Å². The minimum Gasteiger partial charge on any atom is -0.356 e. The van der Waals surface area contributed by atoms with Crippen LogP contribution in [0.15, 0.2) is 24.3 Å². The van der Waals surface area contributed by atoms with E-state index < -0.39 is 0 Å². The Hall–Kier alpha value is -0.930. The fraction of sp³-hybridized carbons (Fsp3) is 0.417. The molecule has 0 aliphatic carbocycles. The predicted octanol–water partition coefficient (Wildman–Crippen LogP) is 1.52. The van der Waals surface area contributed by atoms with Gasteiger partial charge in [-0.25, -0.2) is 0 Å². The van der Waals surface area contributed by atoms with E-state index in [0.29, 0.717) is 6.04 Å². The first-order chi connectivity index (χ1) is 7.36. The summed E-state index contributed by atoms with van der Waals surface area (Å²) in [5.41, 5.74) is 2.95. The summed E-state index contributed by atoms with van der Waals surface area (Å²) in [5, 5.41) is 3.39. The molecule has 0 aromatic heterocycles. The van der Waals surface area contributed by atoms with E-state index in [4.69, 9.17) is 12.2 Å². The highest BCUT2D eigenvalue weighted by Gasteiger charge is 2.30. The molecule has 2 nitrogen and oxygen atoms in total. The van der Waals surface area contributed by atoms with Crippen molar-refractivity contribution in [3.05, 3.63) is 35.4 Å². The lowest BCUT2D eigenvalue weighted by molar-refractivity contribution is 0.271. The summed E-state index contributed by atoms with van der Waals surface area (Å²) in [6.07, 6.45) is 1.13. The van der Waals surface area contributed by atoms with Crippen LogP contribution >= 0.6 is 12.2 Å². The number of thiocarbonyl (C=S) groups is 1. The summed E-state index contributed by atoms with van der Waals surface area (Å²) in [6.45, 7) is 2.98. The normalized spacial score (nSPS) is 24.7. The predicted molar refractivity (Wildman–Crippen MR) is 65.1 cm³/mol. The van der Waals surface area contributed by atoms with Gasteiger partial charge in [-0.1, -0.05) is 36.5 Å². The van der Waals surface area contributed by atoms with E-state index in [1.165, 1.54) is 11.1 Å². The van der Waals surface area contributed by atoms with Crippen LogP contribution in [-0.4, -0.2) is 29.5 Å². The molecule has 0 amide bonds. The van der Waals surface area contributed by atoms with Gasteiger partial charge in [0.1, 0.15) is 0 Å². The Bertz CT molecular complexity index is 402. The van der Waals surface area contributed by atoms with Crippen molar-refractivity contribution in [2.75, 3.05) is 19.6 Å². The monoisotopic (exact) mass is 218 g/mol. The molecule has 0 spiro atoms. The van der Waals surface area contributed by atoms with Crippen molar-refractivity contribution in [1.82, 2.24) is 10.2 Å². The van der Waals surface area contributed by atoms with Crippen molar-refractivity contribution < 1.29 is 0 Å². The van der Waals surface area contributed by atoms with Crippen molar-refractivity contribution in [3.63, 3.8) is 0 Å². The Kier molecular flexibility index (Phi) is 2.22. The molecule has 0 saturated carbocycles. The number of nitrogens with zero attached hydrogens (tertiary/aromatic N) is 1. The fourth-order valence-corrected chi connectivity index (χ4v) is 2.91. The number of fused-ring (bicyclic) bond motifs is 3. The largest absolute Gasteiger partial charge is 0.356 e. The van der Waals surface area contributed by atoms with Crippen LogP contribution in [0.3, 0.4) is 0 Å². The molecule has 0 bridgehead atoms. The zero-order valence-corrected chi connectivity index (χ0v) is 9.39. The van der Waals surface area contributed by atoms with E-state index in [1.807, 2.05) is 0 Å². The van der Waals surface area contributed by atoms with Crippen LogP contribution in [0.2, 0.25) is 0 Å². The van der Waals surface area contributed by atoms with Gasteiger partial charge in [0.2, 0.25) is 0 Å². The van der Waals surface area contributed by atoms with E-state index >= 15 is 0 Å². The van der Waals surface area contributed by atoms with Gasteiger partial charge in [0.15, 0.2) is 0 Å². The van der Waals surface area contributed by atoms with Crippen LogP contribution in [0.5, 0.6) is 0 Å². The summed E-state index contributed by atoms with van der Waals surface area (Å²) in [4.78, 5) is 3.45. The summed E-state index contributed by atoms with van der Waals surface area (Å²) >= 11 is 5.40. The van der Waals surface area contributed by atoms with Gasteiger partial charge in [-0.05, 0) is 17.5 Å². The first kappa shape index (κ1) is 9.31. The Labute approximate surface area is 95.3 Å². The van der Waals surface area contributed by atoms with Crippen molar-refractivity contribution in [2.45, 2.75) is 12.5 Å². The van der Waals surface area contributed by atoms with Crippen molar-refractivity contribution >= 4 is 17.2 Å². The molecule has 1 fully saturated rings. The molecule has 1 aromatic carbocycles. The molecule has 15 heavy (non-hydrogen) atoms. The van der Waals surface area contributed by atoms with Gasteiger partial charge >= 0.3 is 0 Å². The van der Waals surface area contributed by atoms with Crippen LogP contribution in [0.25, 0.3) is 0 Å². The molecule has 3 heteroatoms. The number of rotatable bonds is 0. The smallest absolute Gasteiger partial charge is 0.0925 e. The molecule has 1 atom stereocenters. The zero-order valence-electron chi connectivity index (χ0n) is 8.57. The van der Waals surface area contributed by atoms with Crippen LogP contribution in [-0.2, 0) is 6.42 Å². The van der Waals surface area contributed by atoms with E-state index in [1.54, 1.807) is 0 Å². The summed E-state index contributed by atoms with van der Waals surface area (Å²) in [6, 6.07) is 9.20. The minimum absolute atomic E-state index is 0.469. The fourth-order valence-electron chi connectivity index (χ4n) is 2.59. The quantitative estimate of drug-likeness (QED) is 0.665. The number of benzene rings is 1. The molecule has 1 aromatic rings.